The Morgan fingerprint density at radius 3 is 2.62 bits per heavy atom. The topological polar surface area (TPSA) is 101 Å². The fraction of sp³-hybridized carbons (Fsp3) is 0.348. The molecule has 9 heteroatoms. The highest BCUT2D eigenvalue weighted by atomic mass is 32.2. The largest absolute Gasteiger partial charge is 0.495 e. The summed E-state index contributed by atoms with van der Waals surface area (Å²) in [6, 6.07) is 6.68. The Hall–Kier alpha value is -3.38. The lowest BCUT2D eigenvalue weighted by atomic mass is 9.84. The van der Waals surface area contributed by atoms with E-state index in [9.17, 15) is 13.8 Å². The average molecular weight is 455 g/mol. The molecule has 2 aromatic rings. The van der Waals surface area contributed by atoms with E-state index in [1.165, 1.54) is 11.2 Å². The summed E-state index contributed by atoms with van der Waals surface area (Å²) in [6.07, 6.45) is 3.36. The van der Waals surface area contributed by atoms with Gasteiger partial charge in [0.05, 0.1) is 18.4 Å². The molecule has 1 saturated heterocycles. The van der Waals surface area contributed by atoms with Gasteiger partial charge in [-0.15, -0.1) is 0 Å². The van der Waals surface area contributed by atoms with E-state index in [0.29, 0.717) is 28.4 Å². The molecule has 0 aliphatic carbocycles. The van der Waals surface area contributed by atoms with Crippen molar-refractivity contribution < 1.29 is 18.5 Å². The van der Waals surface area contributed by atoms with E-state index in [1.807, 2.05) is 26.8 Å². The minimum atomic E-state index is -1.27. The zero-order chi connectivity index (χ0) is 23.5. The molecule has 1 unspecified atom stereocenters. The average Bonchev–Trinajstić information content (AvgIpc) is 2.71. The van der Waals surface area contributed by atoms with Crippen LogP contribution < -0.4 is 19.7 Å². The van der Waals surface area contributed by atoms with Crippen LogP contribution in [0, 0.1) is 11.8 Å². The Balaban J connectivity index is 2.14. The number of carbonyl (C=O) groups is 2. The van der Waals surface area contributed by atoms with Gasteiger partial charge in [0.25, 0.3) is 0 Å². The standard InChI is InChI=1S/C23H26N4O4S/c1-23(2,3)17-14-16(27-12-10-20(28)25-22(27)29)13-15(21(17)31-4)8-9-18-19(26-32(5)30)7-6-11-24-18/h6-7,11,13-14,26H,10,12H2,1-5H3,(H,25,28,29). The minimum absolute atomic E-state index is 0.223. The van der Waals surface area contributed by atoms with Crippen LogP contribution >= 0.6 is 0 Å². The van der Waals surface area contributed by atoms with Gasteiger partial charge in [0.1, 0.15) is 22.4 Å². The summed E-state index contributed by atoms with van der Waals surface area (Å²) in [4.78, 5) is 29.8. The van der Waals surface area contributed by atoms with Crippen molar-refractivity contribution in [3.05, 3.63) is 47.3 Å². The predicted molar refractivity (Wildman–Crippen MR) is 125 cm³/mol. The molecule has 0 bridgehead atoms. The number of rotatable bonds is 4. The van der Waals surface area contributed by atoms with Gasteiger partial charge in [0, 0.05) is 36.7 Å². The highest BCUT2D eigenvalue weighted by molar-refractivity contribution is 7.85. The van der Waals surface area contributed by atoms with E-state index < -0.39 is 17.0 Å². The third-order valence-electron chi connectivity index (χ3n) is 4.83. The number of aromatic nitrogens is 1. The van der Waals surface area contributed by atoms with Crippen molar-refractivity contribution in [2.45, 2.75) is 32.6 Å². The summed E-state index contributed by atoms with van der Waals surface area (Å²) in [5, 5.41) is 2.35. The molecule has 0 saturated carbocycles. The van der Waals surface area contributed by atoms with E-state index in [2.05, 4.69) is 26.9 Å². The van der Waals surface area contributed by atoms with Crippen LogP contribution in [0.5, 0.6) is 5.75 Å². The molecule has 8 nitrogen and oxygen atoms in total. The van der Waals surface area contributed by atoms with Crippen molar-refractivity contribution in [3.63, 3.8) is 0 Å². The second kappa shape index (κ2) is 9.40. The first kappa shape index (κ1) is 23.3. The number of pyridine rings is 1. The molecule has 168 valence electrons. The molecule has 1 aliphatic rings. The van der Waals surface area contributed by atoms with Crippen LogP contribution in [0.4, 0.5) is 16.2 Å². The first-order valence-corrected chi connectivity index (χ1v) is 11.6. The highest BCUT2D eigenvalue weighted by Gasteiger charge is 2.28. The normalized spacial score (nSPS) is 14.8. The highest BCUT2D eigenvalue weighted by Crippen LogP contribution is 2.38. The SMILES string of the molecule is COc1c(C#Cc2ncccc2NS(C)=O)cc(N2CCC(=O)NC2=O)cc1C(C)(C)C. The lowest BCUT2D eigenvalue weighted by Gasteiger charge is -2.30. The van der Waals surface area contributed by atoms with Crippen molar-refractivity contribution in [2.75, 3.05) is 29.5 Å². The first-order valence-electron chi connectivity index (χ1n) is 10.0. The van der Waals surface area contributed by atoms with E-state index >= 15 is 0 Å². The molecular weight excluding hydrogens is 428 g/mol. The molecule has 2 heterocycles. The molecule has 2 N–H and O–H groups in total. The minimum Gasteiger partial charge on any atom is -0.495 e. The predicted octanol–water partition coefficient (Wildman–Crippen LogP) is 2.94. The van der Waals surface area contributed by atoms with Gasteiger partial charge >= 0.3 is 6.03 Å². The molecule has 1 aromatic carbocycles. The molecule has 1 aliphatic heterocycles. The van der Waals surface area contributed by atoms with Crippen molar-refractivity contribution >= 4 is 34.3 Å². The molecule has 3 rings (SSSR count). The van der Waals surface area contributed by atoms with Crippen molar-refractivity contribution in [3.8, 4) is 17.6 Å². The van der Waals surface area contributed by atoms with Crippen LogP contribution in [-0.2, 0) is 21.2 Å². The van der Waals surface area contributed by atoms with Gasteiger partial charge < -0.3 is 9.46 Å². The van der Waals surface area contributed by atoms with Crippen LogP contribution in [0.2, 0.25) is 0 Å². The van der Waals surface area contributed by atoms with Gasteiger partial charge in [0.2, 0.25) is 5.91 Å². The van der Waals surface area contributed by atoms with Crippen molar-refractivity contribution in [2.24, 2.45) is 0 Å². The number of nitrogens with zero attached hydrogens (tertiary/aromatic N) is 2. The number of nitrogens with one attached hydrogen (secondary N) is 2. The van der Waals surface area contributed by atoms with E-state index in [-0.39, 0.29) is 24.3 Å². The van der Waals surface area contributed by atoms with Crippen LogP contribution in [0.25, 0.3) is 0 Å². The molecule has 1 atom stereocenters. The summed E-state index contributed by atoms with van der Waals surface area (Å²) in [5.41, 5.74) is 2.78. The summed E-state index contributed by atoms with van der Waals surface area (Å²) in [7, 11) is 0.308. The van der Waals surface area contributed by atoms with Gasteiger partial charge in [-0.05, 0) is 35.6 Å². The van der Waals surface area contributed by atoms with E-state index in [1.54, 1.807) is 31.5 Å². The Kier molecular flexibility index (Phi) is 6.84. The molecule has 3 amide bonds. The van der Waals surface area contributed by atoms with Gasteiger partial charge in [-0.1, -0.05) is 26.7 Å². The lowest BCUT2D eigenvalue weighted by molar-refractivity contribution is -0.120. The molecule has 0 radical (unpaired) electrons. The third-order valence-corrected chi connectivity index (χ3v) is 5.34. The number of carbonyl (C=O) groups excluding carboxylic acids is 2. The zero-order valence-electron chi connectivity index (χ0n) is 18.7. The van der Waals surface area contributed by atoms with Crippen LogP contribution in [0.15, 0.2) is 30.5 Å². The Morgan fingerprint density at radius 2 is 2.00 bits per heavy atom. The molecule has 1 aromatic heterocycles. The summed E-state index contributed by atoms with van der Waals surface area (Å²) >= 11 is 0. The van der Waals surface area contributed by atoms with E-state index in [0.717, 1.165) is 5.56 Å². The maximum atomic E-state index is 12.4. The monoisotopic (exact) mass is 454 g/mol. The first-order chi connectivity index (χ1) is 15.1. The fourth-order valence-electron chi connectivity index (χ4n) is 3.32. The smallest absolute Gasteiger partial charge is 0.328 e. The Bertz CT molecular complexity index is 1140. The Labute approximate surface area is 190 Å². The number of methoxy groups -OCH3 is 1. The van der Waals surface area contributed by atoms with Gasteiger partial charge in [0.15, 0.2) is 0 Å². The summed E-state index contributed by atoms with van der Waals surface area (Å²) in [5.74, 6) is 6.44. The number of hydrogen-bond donors (Lipinski definition) is 2. The number of benzene rings is 1. The number of amides is 3. The van der Waals surface area contributed by atoms with Crippen LogP contribution in [0.1, 0.15) is 44.0 Å². The number of hydrogen-bond acceptors (Lipinski definition) is 5. The second-order valence-electron chi connectivity index (χ2n) is 8.28. The fourth-order valence-corrected chi connectivity index (χ4v) is 3.79. The van der Waals surface area contributed by atoms with Crippen molar-refractivity contribution in [1.29, 1.82) is 0 Å². The number of imide groups is 1. The number of anilines is 2. The quantitative estimate of drug-likeness (QED) is 0.692. The lowest BCUT2D eigenvalue weighted by Crippen LogP contribution is -2.49. The second-order valence-corrected chi connectivity index (χ2v) is 9.40. The zero-order valence-corrected chi connectivity index (χ0v) is 19.6. The molecule has 32 heavy (non-hydrogen) atoms. The number of ether oxygens (including phenoxy) is 1. The Morgan fingerprint density at radius 1 is 1.25 bits per heavy atom. The van der Waals surface area contributed by atoms with Crippen LogP contribution in [0.3, 0.4) is 0 Å². The van der Waals surface area contributed by atoms with Gasteiger partial charge in [-0.2, -0.15) is 0 Å². The van der Waals surface area contributed by atoms with E-state index in [4.69, 9.17) is 4.74 Å². The summed E-state index contributed by atoms with van der Waals surface area (Å²) in [6.45, 7) is 6.42. The third kappa shape index (κ3) is 5.26. The van der Waals surface area contributed by atoms with Crippen molar-refractivity contribution in [1.82, 2.24) is 10.3 Å². The summed E-state index contributed by atoms with van der Waals surface area (Å²) < 4.78 is 20.1. The molecule has 1 fully saturated rings. The van der Waals surface area contributed by atoms with Crippen LogP contribution in [-0.4, -0.2) is 41.0 Å². The number of urea groups is 1. The maximum absolute atomic E-state index is 12.4. The van der Waals surface area contributed by atoms with Gasteiger partial charge in [-0.25, -0.2) is 14.0 Å². The van der Waals surface area contributed by atoms with Gasteiger partial charge in [-0.3, -0.25) is 15.0 Å². The molecule has 0 spiro atoms. The molecular formula is C23H26N4O4S. The maximum Gasteiger partial charge on any atom is 0.328 e.